The molecule has 0 saturated carbocycles. The van der Waals surface area contributed by atoms with Gasteiger partial charge in [0.15, 0.2) is 35.1 Å². The SMILES string of the molecule is CSCC[C@H](NC(=O)[C@@H]1CCCN1C(=O)CCC(=O)[C@H](CCCCN)NC(=O)[C@@H](CC(=O)[C@H](CO)NC(=O)[C@@H](CC(=O)C(CCCN=C(N)N)NC(=O)[C@@H]1CCCN1C(=O)[C@H](CCCN=C(N)N)NC(=O)[C@H](CCC(N)=O)CC(=O)CCC(F)(F)C(F)(F)C(F)(F)C(F)(F)C(F)(F)C(F)(F)C(F)(F)C(F)(F)F)CC(C)C)Cc1cnc[nH]1)C(=O)N1CCC[C@H]1C(=O)C[C@@H](Cc1ccccc1)C(=O)O. The number of alkyl halides is 17. The van der Waals surface area contributed by atoms with Crippen molar-refractivity contribution in [2.75, 3.05) is 57.9 Å². The number of carboxylic acids is 1. The highest BCUT2D eigenvalue weighted by atomic mass is 32.2. The fourth-order valence-electron chi connectivity index (χ4n) is 16.2. The number of aliphatic hydroxyl groups excluding tert-OH is 1. The van der Waals surface area contributed by atoms with Crippen molar-refractivity contribution in [1.29, 1.82) is 0 Å². The third-order valence-corrected chi connectivity index (χ3v) is 24.5. The van der Waals surface area contributed by atoms with Crippen LogP contribution in [0, 0.1) is 29.6 Å². The predicted molar refractivity (Wildman–Crippen MR) is 461 cm³/mol. The Balaban J connectivity index is 1.32. The third-order valence-electron chi connectivity index (χ3n) is 23.8. The number of aliphatic hydroxyl groups is 1. The molecular weight excluding hydrogens is 1900 g/mol. The first-order chi connectivity index (χ1) is 64.3. The Kier molecular flexibility index (Phi) is 44.6. The number of unbranched alkanes of at least 4 members (excludes halogenated alkanes) is 1. The minimum absolute atomic E-state index is 0.0171. The standard InChI is InChI=1S/C85H119F17N18O17S/c1-46(2)36-49(40-63(124)55(17-9-30-110-76(105)106)114-72(133)61-21-13-34-120(61)73(134)56(18-10-31-111-77(107)108)115-68(129)48(22-24-66(104)127)39-53(122)26-28-78(86,87)79(88,89)80(90,91)81(92,93)82(94,95)83(96,97)84(98,99)85(100,101)102)69(130)117-58(44-121)64(125)41-50(38-52-43-109-45-112-52)70(131)113-54(16-7-8-29-103)62(123)23-25-67(128)118-32-12-20-60(118)71(132)116-57(27-35-138-3)74(135)119-33-11-19-59(119)65(126)42-51(75(136)137)37-47-14-5-4-6-15-47/h4-6,14-15,43,45-46,48-51,54-61,121H,7-13,16-42,44,103H2,1-3H3,(H2,104,127)(H,109,112)(H,113,131)(H,114,133)(H,115,129)(H,116,132)(H,117,130)(H,136,137)(H4,105,106,110)(H4,107,108,111)/t48-,49-,50-,51-,54+,55?,56+,57+,58+,59+,60+,61+/m1/s1. The van der Waals surface area contributed by atoms with Gasteiger partial charge in [0, 0.05) is 121 Å². The molecule has 4 heterocycles. The smallest absolute Gasteiger partial charge is 0.460 e. The van der Waals surface area contributed by atoms with Gasteiger partial charge in [-0.05, 0) is 139 Å². The number of nitrogens with two attached hydrogens (primary N) is 6. The first kappa shape index (κ1) is 118. The highest BCUT2D eigenvalue weighted by Crippen LogP contribution is 2.64. The molecule has 1 aromatic heterocycles. The topological polar surface area (TPSA) is 576 Å². The molecule has 1 aromatic carbocycles. The molecule has 9 amide bonds. The number of guanidine groups is 2. The van der Waals surface area contributed by atoms with E-state index in [0.717, 1.165) is 4.90 Å². The fraction of sp³-hybridized carbons (Fsp3) is 0.694. The molecule has 5 rings (SSSR count). The summed E-state index contributed by atoms with van der Waals surface area (Å²) in [5.74, 6) is -80.6. The van der Waals surface area contributed by atoms with Crippen LogP contribution in [-0.2, 0) is 84.8 Å². The quantitative estimate of drug-likeness (QED) is 0.0170. The van der Waals surface area contributed by atoms with Gasteiger partial charge in [-0.25, -0.2) is 4.98 Å². The second-order valence-electron chi connectivity index (χ2n) is 34.7. The molecular formula is C85H119F17N18O17S. The van der Waals surface area contributed by atoms with Crippen molar-refractivity contribution in [2.24, 2.45) is 74.0 Å². The van der Waals surface area contributed by atoms with Gasteiger partial charge in [0.2, 0.25) is 53.2 Å². The highest BCUT2D eigenvalue weighted by molar-refractivity contribution is 7.98. The van der Waals surface area contributed by atoms with Crippen LogP contribution in [0.15, 0.2) is 52.8 Å². The number of carbonyl (C=O) groups excluding carboxylic acids is 14. The van der Waals surface area contributed by atoms with Crippen LogP contribution in [0.4, 0.5) is 74.6 Å². The lowest BCUT2D eigenvalue weighted by Gasteiger charge is -2.42. The molecule has 20 N–H and O–H groups in total. The summed E-state index contributed by atoms with van der Waals surface area (Å²) in [6, 6.07) is -2.61. The molecule has 35 nitrogen and oxygen atoms in total. The summed E-state index contributed by atoms with van der Waals surface area (Å²) in [5, 5.41) is 33.6. The average Bonchev–Trinajstić information content (AvgIpc) is 1.21. The van der Waals surface area contributed by atoms with E-state index in [1.54, 1.807) is 50.4 Å². The summed E-state index contributed by atoms with van der Waals surface area (Å²) in [7, 11) is 0. The lowest BCUT2D eigenvalue weighted by atomic mass is 9.87. The van der Waals surface area contributed by atoms with E-state index in [-0.39, 0.29) is 129 Å². The summed E-state index contributed by atoms with van der Waals surface area (Å²) in [6.07, 6.45) is -15.1. The van der Waals surface area contributed by atoms with Gasteiger partial charge in [0.1, 0.15) is 36.0 Å². The van der Waals surface area contributed by atoms with Gasteiger partial charge < -0.3 is 90.9 Å². The number of amides is 9. The number of Topliss-reactive ketones (excluding diaryl/α,β-unsaturated/α-hetero) is 5. The first-order valence-electron chi connectivity index (χ1n) is 44.5. The van der Waals surface area contributed by atoms with E-state index in [1.165, 1.54) is 34.1 Å². The molecule has 3 saturated heterocycles. The zero-order chi connectivity index (χ0) is 104. The summed E-state index contributed by atoms with van der Waals surface area (Å²) < 4.78 is 239. The van der Waals surface area contributed by atoms with Crippen LogP contribution in [0.1, 0.15) is 186 Å². The molecule has 0 radical (unpaired) electrons. The Morgan fingerprint density at radius 2 is 0.978 bits per heavy atom. The Hall–Kier alpha value is -10.9. The molecule has 53 heteroatoms. The van der Waals surface area contributed by atoms with Gasteiger partial charge in [-0.3, -0.25) is 81.9 Å². The van der Waals surface area contributed by atoms with Crippen LogP contribution in [0.2, 0.25) is 0 Å². The van der Waals surface area contributed by atoms with Gasteiger partial charge in [0.05, 0.1) is 42.9 Å². The average molecular weight is 2020 g/mol. The number of thioether (sulfide) groups is 1. The van der Waals surface area contributed by atoms with Crippen LogP contribution >= 0.6 is 11.8 Å². The number of aliphatic imine (C=N–C) groups is 2. The Bertz CT molecular complexity index is 4560. The van der Waals surface area contributed by atoms with Gasteiger partial charge in [-0.2, -0.15) is 86.4 Å². The number of benzene rings is 1. The Morgan fingerprint density at radius 1 is 0.507 bits per heavy atom. The molecule has 2 aromatic rings. The highest BCUT2D eigenvalue weighted by Gasteiger charge is 2.95. The van der Waals surface area contributed by atoms with Crippen molar-refractivity contribution in [3.05, 3.63) is 54.1 Å². The van der Waals surface area contributed by atoms with E-state index in [9.17, 15) is 148 Å². The van der Waals surface area contributed by atoms with Crippen LogP contribution in [0.25, 0.3) is 0 Å². The van der Waals surface area contributed by atoms with E-state index in [0.29, 0.717) is 36.3 Å². The number of carboxylic acid groups (broad SMARTS) is 1. The number of hydrogen-bond donors (Lipinski definition) is 14. The number of H-pyrrole nitrogens is 1. The van der Waals surface area contributed by atoms with Gasteiger partial charge >= 0.3 is 53.6 Å². The number of imidazole rings is 1. The predicted octanol–water partition coefficient (Wildman–Crippen LogP) is 5.41. The van der Waals surface area contributed by atoms with Crippen molar-refractivity contribution >= 4 is 112 Å². The van der Waals surface area contributed by atoms with E-state index in [4.69, 9.17) is 34.4 Å². The minimum atomic E-state index is -8.93. The van der Waals surface area contributed by atoms with Gasteiger partial charge in [-0.15, -0.1) is 0 Å². The molecule has 3 fully saturated rings. The van der Waals surface area contributed by atoms with E-state index < -0.39 is 296 Å². The minimum Gasteiger partial charge on any atom is -0.481 e. The Labute approximate surface area is 785 Å². The number of aromatic amines is 1. The number of ketones is 5. The van der Waals surface area contributed by atoms with Crippen molar-refractivity contribution in [3.63, 3.8) is 0 Å². The molecule has 0 aliphatic carbocycles. The second-order valence-corrected chi connectivity index (χ2v) is 35.7. The number of aliphatic carboxylic acids is 1. The number of primary amides is 1. The monoisotopic (exact) mass is 2020 g/mol. The van der Waals surface area contributed by atoms with Crippen molar-refractivity contribution in [1.82, 2.24) is 51.3 Å². The number of likely N-dealkylation sites (tertiary alicyclic amines) is 3. The largest absolute Gasteiger partial charge is 0.481 e. The number of nitrogens with zero attached hydrogens (tertiary/aromatic N) is 6. The number of hydrogen-bond acceptors (Lipinski definition) is 21. The van der Waals surface area contributed by atoms with E-state index in [2.05, 4.69) is 46.5 Å². The molecule has 0 spiro atoms. The van der Waals surface area contributed by atoms with Gasteiger partial charge in [-0.1, -0.05) is 44.2 Å². The Morgan fingerprint density at radius 3 is 1.50 bits per heavy atom. The lowest BCUT2D eigenvalue weighted by Crippen LogP contribution is -2.74. The third kappa shape index (κ3) is 31.8. The number of nitrogens with one attached hydrogen (secondary N) is 6. The van der Waals surface area contributed by atoms with Crippen LogP contribution < -0.4 is 61.0 Å². The summed E-state index contributed by atoms with van der Waals surface area (Å²) in [5.41, 5.74) is 34.0. The van der Waals surface area contributed by atoms with Gasteiger partial charge in [0.25, 0.3) is 0 Å². The van der Waals surface area contributed by atoms with Crippen molar-refractivity contribution < 1.29 is 157 Å². The van der Waals surface area contributed by atoms with Crippen LogP contribution in [0.5, 0.6) is 0 Å². The lowest BCUT2D eigenvalue weighted by molar-refractivity contribution is -0.461. The van der Waals surface area contributed by atoms with E-state index in [1.807, 2.05) is 0 Å². The maximum absolute atomic E-state index is 15.0. The maximum Gasteiger partial charge on any atom is 0.460 e. The summed E-state index contributed by atoms with van der Waals surface area (Å²) in [6.45, 7) is 1.76. The number of aromatic nitrogens is 2. The molecule has 1 unspecified atom stereocenters. The normalized spacial score (nSPS) is 17.7. The summed E-state index contributed by atoms with van der Waals surface area (Å²) in [4.78, 5) is 229. The molecule has 776 valence electrons. The first-order valence-corrected chi connectivity index (χ1v) is 45.9. The van der Waals surface area contributed by atoms with E-state index >= 15 is 8.78 Å². The zero-order valence-corrected chi connectivity index (χ0v) is 76.6. The molecule has 138 heavy (non-hydrogen) atoms. The number of rotatable bonds is 62. The molecule has 3 aliphatic rings. The molecule has 12 atom stereocenters. The van der Waals surface area contributed by atoms with Crippen LogP contribution in [-0.4, -0.2) is 289 Å². The zero-order valence-electron chi connectivity index (χ0n) is 75.8. The van der Waals surface area contributed by atoms with Crippen LogP contribution in [0.3, 0.4) is 0 Å². The van der Waals surface area contributed by atoms with Crippen molar-refractivity contribution in [3.8, 4) is 0 Å². The number of halogens is 17. The molecule has 0 bridgehead atoms. The fourth-order valence-corrected chi connectivity index (χ4v) is 16.7. The maximum atomic E-state index is 15.0. The molecule has 3 aliphatic heterocycles. The second kappa shape index (κ2) is 52.4. The van der Waals surface area contributed by atoms with Crippen molar-refractivity contribution in [2.45, 2.75) is 283 Å². The number of carbonyl (C=O) groups is 15. The summed E-state index contributed by atoms with van der Waals surface area (Å²) >= 11 is 1.39.